The molecular weight excluding hydrogens is 164 g/mol. The zero-order chi connectivity index (χ0) is 9.21. The van der Waals surface area contributed by atoms with E-state index in [1.54, 1.807) is 0 Å². The molecule has 0 bridgehead atoms. The lowest BCUT2D eigenvalue weighted by molar-refractivity contribution is 0.381. The molecule has 0 fully saturated rings. The number of hydrogen-bond acceptors (Lipinski definition) is 5. The van der Waals surface area contributed by atoms with Crippen LogP contribution >= 0.6 is 0 Å². The Labute approximate surface area is 58.1 Å². The first-order valence-corrected chi connectivity index (χ1v) is 3.05. The molecule has 0 aliphatic heterocycles. The zero-order valence-electron chi connectivity index (χ0n) is 4.93. The molecule has 0 saturated carbocycles. The quantitative estimate of drug-likeness (QED) is 0.0786. The molecular formula is CH10N4O4S. The van der Waals surface area contributed by atoms with Crippen molar-refractivity contribution in [3.8, 4) is 0 Å². The summed E-state index contributed by atoms with van der Waals surface area (Å²) in [7, 11) is -4.67. The maximum Gasteiger partial charge on any atom is 0.394 e. The highest BCUT2D eigenvalue weighted by molar-refractivity contribution is 7.79. The SMILES string of the molecule is N=CN.NN.O=S(=O)(O)O. The molecule has 64 valence electrons. The maximum atomic E-state index is 8.74. The van der Waals surface area contributed by atoms with Crippen molar-refractivity contribution < 1.29 is 17.5 Å². The summed E-state index contributed by atoms with van der Waals surface area (Å²) >= 11 is 0. The van der Waals surface area contributed by atoms with E-state index < -0.39 is 10.4 Å². The molecule has 0 aliphatic rings. The maximum absolute atomic E-state index is 8.74. The van der Waals surface area contributed by atoms with Gasteiger partial charge in [-0.2, -0.15) is 8.42 Å². The van der Waals surface area contributed by atoms with Crippen molar-refractivity contribution in [2.75, 3.05) is 0 Å². The average molecular weight is 174 g/mol. The van der Waals surface area contributed by atoms with Crippen LogP contribution in [0.4, 0.5) is 0 Å². The van der Waals surface area contributed by atoms with Gasteiger partial charge in [0.15, 0.2) is 0 Å². The monoisotopic (exact) mass is 174 g/mol. The molecule has 0 amide bonds. The van der Waals surface area contributed by atoms with E-state index in [4.69, 9.17) is 22.9 Å². The largest absolute Gasteiger partial charge is 0.394 e. The number of nitrogens with two attached hydrogens (primary N) is 3. The molecule has 8 nitrogen and oxygen atoms in total. The number of hydrazine groups is 1. The summed E-state index contributed by atoms with van der Waals surface area (Å²) < 4.78 is 31.6. The average Bonchev–Trinajstić information content (AvgIpc) is 1.68. The van der Waals surface area contributed by atoms with Crippen LogP contribution < -0.4 is 17.4 Å². The first kappa shape index (κ1) is 16.1. The van der Waals surface area contributed by atoms with Crippen LogP contribution in [-0.4, -0.2) is 23.9 Å². The van der Waals surface area contributed by atoms with Crippen LogP contribution in [0.2, 0.25) is 0 Å². The third-order valence-corrected chi connectivity index (χ3v) is 0. The number of hydrogen-bond donors (Lipinski definition) is 6. The van der Waals surface area contributed by atoms with Gasteiger partial charge in [-0.15, -0.1) is 0 Å². The smallest absolute Gasteiger partial charge is 0.390 e. The molecule has 0 radical (unpaired) electrons. The first-order chi connectivity index (χ1) is 4.41. The van der Waals surface area contributed by atoms with Crippen molar-refractivity contribution >= 4 is 16.7 Å². The highest BCUT2D eigenvalue weighted by Gasteiger charge is 1.84. The Morgan fingerprint density at radius 2 is 1.30 bits per heavy atom. The van der Waals surface area contributed by atoms with E-state index in [-0.39, 0.29) is 0 Å². The van der Waals surface area contributed by atoms with Crippen LogP contribution in [0.25, 0.3) is 0 Å². The topological polar surface area (TPSA) is 177 Å². The fraction of sp³-hybridized carbons (Fsp3) is 0. The Balaban J connectivity index is -0.0000000847. The van der Waals surface area contributed by atoms with E-state index >= 15 is 0 Å². The standard InChI is InChI=1S/CH4N2.H4N2.H2O4S/c2-1-3;1-2;1-5(2,3)4/h1H,(H3,2,3);1-2H2;(H2,1,2,3,4). The van der Waals surface area contributed by atoms with Crippen LogP contribution in [0.3, 0.4) is 0 Å². The molecule has 10 heavy (non-hydrogen) atoms. The molecule has 9 N–H and O–H groups in total. The summed E-state index contributed by atoms with van der Waals surface area (Å²) in [5.41, 5.74) is 4.39. The molecule has 0 saturated heterocycles. The second kappa shape index (κ2) is 11.1. The van der Waals surface area contributed by atoms with E-state index in [9.17, 15) is 0 Å². The molecule has 0 rings (SSSR count). The Bertz CT molecular complexity index is 131. The predicted octanol–water partition coefficient (Wildman–Crippen LogP) is -2.28. The van der Waals surface area contributed by atoms with Gasteiger partial charge in [0.25, 0.3) is 0 Å². The van der Waals surface area contributed by atoms with Gasteiger partial charge in [-0.3, -0.25) is 26.2 Å². The van der Waals surface area contributed by atoms with Crippen LogP contribution in [0, 0.1) is 5.41 Å². The molecule has 0 aromatic heterocycles. The lowest BCUT2D eigenvalue weighted by atomic mass is 11.4. The first-order valence-electron chi connectivity index (χ1n) is 1.65. The van der Waals surface area contributed by atoms with Gasteiger partial charge in [-0.25, -0.2) is 0 Å². The van der Waals surface area contributed by atoms with E-state index in [1.165, 1.54) is 0 Å². The van der Waals surface area contributed by atoms with Crippen molar-refractivity contribution in [3.05, 3.63) is 0 Å². The summed E-state index contributed by atoms with van der Waals surface area (Å²) in [5, 5.41) is 5.86. The van der Waals surface area contributed by atoms with Gasteiger partial charge in [0.05, 0.1) is 6.34 Å². The van der Waals surface area contributed by atoms with Crippen molar-refractivity contribution in [2.45, 2.75) is 0 Å². The van der Waals surface area contributed by atoms with Gasteiger partial charge < -0.3 is 5.73 Å². The van der Waals surface area contributed by atoms with E-state index in [2.05, 4.69) is 17.4 Å². The van der Waals surface area contributed by atoms with Crippen LogP contribution in [0.5, 0.6) is 0 Å². The molecule has 0 aromatic carbocycles. The van der Waals surface area contributed by atoms with E-state index in [1.807, 2.05) is 0 Å². The van der Waals surface area contributed by atoms with Gasteiger partial charge in [0.2, 0.25) is 0 Å². The van der Waals surface area contributed by atoms with Crippen molar-refractivity contribution in [1.29, 1.82) is 5.41 Å². The molecule has 0 heterocycles. The molecule has 0 aliphatic carbocycles. The molecule has 0 atom stereocenters. The second-order valence-electron chi connectivity index (χ2n) is 0.615. The minimum Gasteiger partial charge on any atom is -0.390 e. The van der Waals surface area contributed by atoms with E-state index in [0.29, 0.717) is 0 Å². The van der Waals surface area contributed by atoms with Crippen molar-refractivity contribution in [2.24, 2.45) is 17.4 Å². The summed E-state index contributed by atoms with van der Waals surface area (Å²) in [6.07, 6.45) is 0.750. The Morgan fingerprint density at radius 1 is 1.30 bits per heavy atom. The Kier molecular flexibility index (Phi) is 17.9. The van der Waals surface area contributed by atoms with Crippen LogP contribution in [0.15, 0.2) is 0 Å². The number of rotatable bonds is 0. The second-order valence-corrected chi connectivity index (χ2v) is 1.51. The fourth-order valence-electron chi connectivity index (χ4n) is 0. The lowest BCUT2D eigenvalue weighted by Crippen LogP contribution is -2.02. The summed E-state index contributed by atoms with van der Waals surface area (Å²) in [6, 6.07) is 0. The van der Waals surface area contributed by atoms with Crippen molar-refractivity contribution in [1.82, 2.24) is 0 Å². The minimum absolute atomic E-state index is 0.750. The van der Waals surface area contributed by atoms with Crippen LogP contribution in [-0.2, 0) is 10.4 Å². The Hall–Kier alpha value is -0.740. The fourth-order valence-corrected chi connectivity index (χ4v) is 0. The van der Waals surface area contributed by atoms with Crippen molar-refractivity contribution in [3.63, 3.8) is 0 Å². The lowest BCUT2D eigenvalue weighted by Gasteiger charge is -1.68. The minimum atomic E-state index is -4.67. The van der Waals surface area contributed by atoms with Gasteiger partial charge in [0.1, 0.15) is 0 Å². The molecule has 9 heteroatoms. The zero-order valence-corrected chi connectivity index (χ0v) is 5.75. The number of nitrogens with one attached hydrogen (secondary N) is 1. The normalized spacial score (nSPS) is 7.60. The highest BCUT2D eigenvalue weighted by Crippen LogP contribution is 1.59. The van der Waals surface area contributed by atoms with E-state index in [0.717, 1.165) is 6.34 Å². The van der Waals surface area contributed by atoms with Gasteiger partial charge in [-0.05, 0) is 0 Å². The Morgan fingerprint density at radius 3 is 1.30 bits per heavy atom. The molecule has 0 spiro atoms. The van der Waals surface area contributed by atoms with Gasteiger partial charge in [0, 0.05) is 0 Å². The molecule has 0 unspecified atom stereocenters. The summed E-state index contributed by atoms with van der Waals surface area (Å²) in [4.78, 5) is 0. The predicted molar refractivity (Wildman–Crippen MR) is 35.5 cm³/mol. The third kappa shape index (κ3) is 520. The molecule has 0 aromatic rings. The van der Waals surface area contributed by atoms with Gasteiger partial charge >= 0.3 is 10.4 Å². The third-order valence-electron chi connectivity index (χ3n) is 0. The van der Waals surface area contributed by atoms with Gasteiger partial charge in [-0.1, -0.05) is 0 Å². The summed E-state index contributed by atoms with van der Waals surface area (Å²) in [6.45, 7) is 0. The highest BCUT2D eigenvalue weighted by atomic mass is 32.3. The van der Waals surface area contributed by atoms with Crippen LogP contribution in [0.1, 0.15) is 0 Å². The summed E-state index contributed by atoms with van der Waals surface area (Å²) in [5.74, 6) is 8.00.